The summed E-state index contributed by atoms with van der Waals surface area (Å²) in [6.45, 7) is 10.2. The van der Waals surface area contributed by atoms with Gasteiger partial charge in [0.1, 0.15) is 5.75 Å². The highest BCUT2D eigenvalue weighted by Crippen LogP contribution is 2.28. The van der Waals surface area contributed by atoms with Gasteiger partial charge in [-0.25, -0.2) is 0 Å². The second kappa shape index (κ2) is 8.28. The predicted octanol–water partition coefficient (Wildman–Crippen LogP) is 3.30. The number of para-hydroxylation sites is 1. The summed E-state index contributed by atoms with van der Waals surface area (Å²) in [5.41, 5.74) is 1.33. The zero-order chi connectivity index (χ0) is 14.2. The summed E-state index contributed by atoms with van der Waals surface area (Å²) in [5, 5.41) is 0. The molecule has 0 radical (unpaired) electrons. The monoisotopic (exact) mass is 277 g/mol. The minimum absolute atomic E-state index is 0.561. The van der Waals surface area contributed by atoms with E-state index in [0.717, 1.165) is 58.0 Å². The minimum Gasteiger partial charge on any atom is -0.493 e. The van der Waals surface area contributed by atoms with Gasteiger partial charge < -0.3 is 9.47 Å². The Balaban J connectivity index is 1.76. The van der Waals surface area contributed by atoms with Crippen LogP contribution in [0.3, 0.4) is 0 Å². The van der Waals surface area contributed by atoms with E-state index in [2.05, 4.69) is 43.0 Å². The summed E-state index contributed by atoms with van der Waals surface area (Å²) in [6, 6.07) is 8.44. The van der Waals surface area contributed by atoms with Crippen LogP contribution in [0.15, 0.2) is 24.3 Å². The molecule has 0 spiro atoms. The predicted molar refractivity (Wildman–Crippen MR) is 82.5 cm³/mol. The Labute approximate surface area is 122 Å². The fourth-order valence-electron chi connectivity index (χ4n) is 2.53. The average molecular weight is 277 g/mol. The third-order valence-electron chi connectivity index (χ3n) is 4.04. The number of benzene rings is 1. The molecule has 1 aromatic carbocycles. The molecule has 3 nitrogen and oxygen atoms in total. The van der Waals surface area contributed by atoms with Gasteiger partial charge in [-0.05, 0) is 30.4 Å². The maximum atomic E-state index is 5.99. The van der Waals surface area contributed by atoms with Crippen LogP contribution >= 0.6 is 0 Å². The molecule has 0 saturated carbocycles. The molecule has 1 atom stereocenters. The molecule has 112 valence electrons. The Morgan fingerprint density at radius 1 is 1.25 bits per heavy atom. The lowest BCUT2D eigenvalue weighted by atomic mass is 9.98. The van der Waals surface area contributed by atoms with Crippen molar-refractivity contribution in [3.63, 3.8) is 0 Å². The summed E-state index contributed by atoms with van der Waals surface area (Å²) >= 11 is 0. The first-order valence-corrected chi connectivity index (χ1v) is 7.83. The quantitative estimate of drug-likeness (QED) is 0.714. The van der Waals surface area contributed by atoms with Crippen molar-refractivity contribution in [2.75, 3.05) is 39.5 Å². The van der Waals surface area contributed by atoms with Gasteiger partial charge >= 0.3 is 0 Å². The summed E-state index contributed by atoms with van der Waals surface area (Å²) in [4.78, 5) is 2.45. The van der Waals surface area contributed by atoms with Crippen LogP contribution in [-0.2, 0) is 4.74 Å². The number of nitrogens with zero attached hydrogens (tertiary/aromatic N) is 1. The topological polar surface area (TPSA) is 21.7 Å². The van der Waals surface area contributed by atoms with Crippen molar-refractivity contribution in [2.24, 2.45) is 0 Å². The molecule has 0 amide bonds. The van der Waals surface area contributed by atoms with E-state index in [1.54, 1.807) is 0 Å². The molecule has 1 heterocycles. The van der Waals surface area contributed by atoms with E-state index in [1.165, 1.54) is 5.56 Å². The van der Waals surface area contributed by atoms with Gasteiger partial charge in [-0.15, -0.1) is 0 Å². The highest BCUT2D eigenvalue weighted by molar-refractivity contribution is 5.35. The molecular weight excluding hydrogens is 250 g/mol. The van der Waals surface area contributed by atoms with Gasteiger partial charge in [0.05, 0.1) is 19.8 Å². The summed E-state index contributed by atoms with van der Waals surface area (Å²) in [6.07, 6.45) is 2.23. The second-order valence-corrected chi connectivity index (χ2v) is 5.50. The van der Waals surface area contributed by atoms with Crippen LogP contribution in [0.5, 0.6) is 5.75 Å². The standard InChI is InChI=1S/C17H27NO2/c1-3-15(2)16-7-4-5-8-17(16)20-12-6-9-18-10-13-19-14-11-18/h4-5,7-8,15H,3,6,9-14H2,1-2H3/t15-/m0/s1. The molecule has 0 aromatic heterocycles. The number of morpholine rings is 1. The number of hydrogen-bond acceptors (Lipinski definition) is 3. The Morgan fingerprint density at radius 3 is 2.75 bits per heavy atom. The number of hydrogen-bond donors (Lipinski definition) is 0. The smallest absolute Gasteiger partial charge is 0.122 e. The van der Waals surface area contributed by atoms with E-state index in [4.69, 9.17) is 9.47 Å². The summed E-state index contributed by atoms with van der Waals surface area (Å²) < 4.78 is 11.4. The van der Waals surface area contributed by atoms with Gasteiger partial charge in [-0.2, -0.15) is 0 Å². The second-order valence-electron chi connectivity index (χ2n) is 5.50. The summed E-state index contributed by atoms with van der Waals surface area (Å²) in [5.74, 6) is 1.62. The molecule has 0 unspecified atom stereocenters. The molecule has 1 saturated heterocycles. The van der Waals surface area contributed by atoms with Crippen molar-refractivity contribution < 1.29 is 9.47 Å². The van der Waals surface area contributed by atoms with Crippen molar-refractivity contribution >= 4 is 0 Å². The highest BCUT2D eigenvalue weighted by atomic mass is 16.5. The van der Waals surface area contributed by atoms with Gasteiger partial charge in [0.2, 0.25) is 0 Å². The molecule has 1 aliphatic rings. The molecule has 0 N–H and O–H groups in total. The Hall–Kier alpha value is -1.06. The van der Waals surface area contributed by atoms with Gasteiger partial charge in [0, 0.05) is 19.6 Å². The lowest BCUT2D eigenvalue weighted by Gasteiger charge is -2.26. The largest absolute Gasteiger partial charge is 0.493 e. The van der Waals surface area contributed by atoms with Crippen LogP contribution in [-0.4, -0.2) is 44.4 Å². The van der Waals surface area contributed by atoms with E-state index in [0.29, 0.717) is 5.92 Å². The SMILES string of the molecule is CC[C@H](C)c1ccccc1OCCCN1CCOCC1. The van der Waals surface area contributed by atoms with Crippen molar-refractivity contribution in [3.8, 4) is 5.75 Å². The molecule has 3 heteroatoms. The fourth-order valence-corrected chi connectivity index (χ4v) is 2.53. The first-order valence-electron chi connectivity index (χ1n) is 7.83. The fraction of sp³-hybridized carbons (Fsp3) is 0.647. The minimum atomic E-state index is 0.561. The lowest BCUT2D eigenvalue weighted by molar-refractivity contribution is 0.0357. The zero-order valence-corrected chi connectivity index (χ0v) is 12.8. The maximum Gasteiger partial charge on any atom is 0.122 e. The first kappa shape index (κ1) is 15.3. The van der Waals surface area contributed by atoms with Gasteiger partial charge in [0.25, 0.3) is 0 Å². The zero-order valence-electron chi connectivity index (χ0n) is 12.8. The van der Waals surface area contributed by atoms with E-state index < -0.39 is 0 Å². The van der Waals surface area contributed by atoms with Gasteiger partial charge in [-0.3, -0.25) is 4.90 Å². The highest BCUT2D eigenvalue weighted by Gasteiger charge is 2.11. The number of rotatable bonds is 7. The van der Waals surface area contributed by atoms with Crippen LogP contribution < -0.4 is 4.74 Å². The summed E-state index contributed by atoms with van der Waals surface area (Å²) in [7, 11) is 0. The third kappa shape index (κ3) is 4.50. The maximum absolute atomic E-state index is 5.99. The van der Waals surface area contributed by atoms with Crippen molar-refractivity contribution in [1.82, 2.24) is 4.90 Å². The average Bonchev–Trinajstić information content (AvgIpc) is 2.52. The molecule has 20 heavy (non-hydrogen) atoms. The van der Waals surface area contributed by atoms with Crippen LogP contribution in [0, 0.1) is 0 Å². The van der Waals surface area contributed by atoms with Crippen LogP contribution in [0.4, 0.5) is 0 Å². The van der Waals surface area contributed by atoms with Gasteiger partial charge in [0.15, 0.2) is 0 Å². The Morgan fingerprint density at radius 2 is 2.00 bits per heavy atom. The Bertz CT molecular complexity index is 388. The number of ether oxygens (including phenoxy) is 2. The molecule has 1 fully saturated rings. The van der Waals surface area contributed by atoms with Crippen molar-refractivity contribution in [2.45, 2.75) is 32.6 Å². The lowest BCUT2D eigenvalue weighted by Crippen LogP contribution is -2.37. The molecule has 1 aliphatic heterocycles. The first-order chi connectivity index (χ1) is 9.81. The van der Waals surface area contributed by atoms with E-state index in [1.807, 2.05) is 0 Å². The molecule has 2 rings (SSSR count). The van der Waals surface area contributed by atoms with E-state index in [-0.39, 0.29) is 0 Å². The molecule has 0 bridgehead atoms. The third-order valence-corrected chi connectivity index (χ3v) is 4.04. The van der Waals surface area contributed by atoms with Crippen LogP contribution in [0.2, 0.25) is 0 Å². The van der Waals surface area contributed by atoms with E-state index >= 15 is 0 Å². The van der Waals surface area contributed by atoms with Crippen LogP contribution in [0.1, 0.15) is 38.2 Å². The van der Waals surface area contributed by atoms with E-state index in [9.17, 15) is 0 Å². The van der Waals surface area contributed by atoms with Crippen molar-refractivity contribution in [3.05, 3.63) is 29.8 Å². The van der Waals surface area contributed by atoms with Crippen molar-refractivity contribution in [1.29, 1.82) is 0 Å². The molecular formula is C17H27NO2. The van der Waals surface area contributed by atoms with Crippen LogP contribution in [0.25, 0.3) is 0 Å². The molecule has 0 aliphatic carbocycles. The molecule has 1 aromatic rings. The Kier molecular flexibility index (Phi) is 6.34. The normalized spacial score (nSPS) is 17.9. The van der Waals surface area contributed by atoms with Gasteiger partial charge in [-0.1, -0.05) is 32.0 Å².